The molecule has 6 aliphatic carbocycles. The number of rotatable bonds is 26. The molecule has 6 N–H and O–H groups in total. The molecule has 1 heterocycles. The first-order chi connectivity index (χ1) is 40.8. The number of allylic oxidation sites excluding steroid dienone is 9. The molecule has 0 spiro atoms. The number of esters is 4. The van der Waals surface area contributed by atoms with Crippen molar-refractivity contribution in [3.63, 3.8) is 0 Å². The first-order valence-electron chi connectivity index (χ1n) is 32.6. The fourth-order valence-corrected chi connectivity index (χ4v) is 13.8. The van der Waals surface area contributed by atoms with Crippen molar-refractivity contribution in [2.45, 2.75) is 252 Å². The van der Waals surface area contributed by atoms with Gasteiger partial charge in [-0.05, 0) is 161 Å². The number of fused-ring (bicyclic) bond motifs is 3. The monoisotopic (exact) mass is 1230 g/mol. The second kappa shape index (κ2) is 37.4. The average molecular weight is 1230 g/mol. The quantitative estimate of drug-likeness (QED) is 0.0304. The second-order valence-electron chi connectivity index (χ2n) is 26.1. The zero-order chi connectivity index (χ0) is 63.4. The third kappa shape index (κ3) is 23.4. The molecule has 18 heteroatoms. The van der Waals surface area contributed by atoms with Crippen LogP contribution in [-0.4, -0.2) is 121 Å². The number of cyclic esters (lactones) is 1. The molecule has 21 atom stereocenters. The molecule has 0 aromatic carbocycles. The summed E-state index contributed by atoms with van der Waals surface area (Å²) in [5.74, 6) is -1.25. The maximum atomic E-state index is 12.4. The van der Waals surface area contributed by atoms with Gasteiger partial charge in [-0.2, -0.15) is 0 Å². The van der Waals surface area contributed by atoms with Crippen LogP contribution in [0.4, 0.5) is 0 Å². The maximum absolute atomic E-state index is 12.4. The predicted octanol–water partition coefficient (Wildman–Crippen LogP) is 6.56. The van der Waals surface area contributed by atoms with E-state index in [9.17, 15) is 59.4 Å². The number of hydrogen-bond acceptors (Lipinski definition) is 16. The minimum absolute atomic E-state index is 0. The van der Waals surface area contributed by atoms with Crippen molar-refractivity contribution in [1.82, 2.24) is 0 Å². The number of aliphatic hydroxyl groups excluding tert-OH is 5. The molecule has 0 radical (unpaired) electrons. The minimum Gasteiger partial charge on any atom is -0.550 e. The first kappa shape index (κ1) is 75.5. The molecular formula is C69H105NaO17. The van der Waals surface area contributed by atoms with E-state index in [4.69, 9.17) is 24.1 Å². The van der Waals surface area contributed by atoms with Crippen LogP contribution in [0.1, 0.15) is 197 Å². The van der Waals surface area contributed by atoms with E-state index >= 15 is 0 Å². The predicted molar refractivity (Wildman–Crippen MR) is 324 cm³/mol. The third-order valence-electron chi connectivity index (χ3n) is 19.5. The van der Waals surface area contributed by atoms with E-state index in [1.807, 2.05) is 41.5 Å². The summed E-state index contributed by atoms with van der Waals surface area (Å²) in [6.07, 6.45) is 26.2. The van der Waals surface area contributed by atoms with Crippen LogP contribution in [-0.2, 0) is 47.7 Å². The van der Waals surface area contributed by atoms with Gasteiger partial charge >= 0.3 is 59.4 Å². The molecule has 1 fully saturated rings. The standard InChI is InChI=1S/2C23H36O6.C23H34O5.Na/c2*1-4-14(2)23(28)29-20-7-5-6-16-9-8-15(3)19(22(16)20)11-10-17(24)12-18(25)13-21(26)27;1-4-14(2)23(26)28-20-7-5-6-16-9-8-15(3)19(22(16)20)11-10-18-12-17(24)13-21(25)27-18;/h2*6,8-9,14-15,17-20,22,24-25H,4-5,7,10-13H2,1-3H3,(H,26,27);6,8-9,14-15,17-20,22,24H,4-5,7,10-13H2,1-3H3;/q;;;+1/p-1/t3*14-,15-,17+,18+,19?,20-,22?;/m000./s1. The molecule has 484 valence electrons. The number of carboxylic acids is 2. The van der Waals surface area contributed by atoms with Gasteiger partial charge in [0.2, 0.25) is 0 Å². The maximum Gasteiger partial charge on any atom is 1.00 e. The molecule has 87 heavy (non-hydrogen) atoms. The number of aliphatic hydroxyl groups is 5. The Labute approximate surface area is 540 Å². The molecule has 7 aliphatic rings. The molecule has 0 aromatic rings. The normalized spacial score (nSPS) is 31.2. The summed E-state index contributed by atoms with van der Waals surface area (Å²) in [5, 5.41) is 69.3. The summed E-state index contributed by atoms with van der Waals surface area (Å²) in [4.78, 5) is 70.2. The van der Waals surface area contributed by atoms with Crippen molar-refractivity contribution >= 4 is 35.8 Å². The summed E-state index contributed by atoms with van der Waals surface area (Å²) < 4.78 is 23.3. The fourth-order valence-electron chi connectivity index (χ4n) is 13.8. The van der Waals surface area contributed by atoms with Crippen LogP contribution in [0.25, 0.3) is 0 Å². The van der Waals surface area contributed by atoms with Crippen LogP contribution in [0.2, 0.25) is 0 Å². The van der Waals surface area contributed by atoms with E-state index < -0.39 is 48.9 Å². The number of aliphatic carboxylic acids is 2. The zero-order valence-corrected chi connectivity index (χ0v) is 55.8. The minimum atomic E-state index is -1.32. The number of ether oxygens (including phenoxy) is 4. The van der Waals surface area contributed by atoms with Crippen LogP contribution < -0.4 is 34.7 Å². The third-order valence-corrected chi connectivity index (χ3v) is 19.5. The van der Waals surface area contributed by atoms with Gasteiger partial charge in [0.15, 0.2) is 0 Å². The Kier molecular flexibility index (Phi) is 32.5. The van der Waals surface area contributed by atoms with Crippen molar-refractivity contribution in [3.8, 4) is 0 Å². The number of hydrogen-bond donors (Lipinski definition) is 6. The van der Waals surface area contributed by atoms with E-state index in [2.05, 4.69) is 75.5 Å². The van der Waals surface area contributed by atoms with Gasteiger partial charge in [0.05, 0.1) is 61.1 Å². The second-order valence-corrected chi connectivity index (χ2v) is 26.1. The van der Waals surface area contributed by atoms with Gasteiger partial charge in [-0.1, -0.05) is 117 Å². The summed E-state index contributed by atoms with van der Waals surface area (Å²) in [5.41, 5.74) is 3.69. The Morgan fingerprint density at radius 3 is 1.26 bits per heavy atom. The van der Waals surface area contributed by atoms with Gasteiger partial charge in [0.25, 0.3) is 0 Å². The molecule has 0 aromatic heterocycles. The number of carbonyl (C=O) groups excluding carboxylic acids is 5. The van der Waals surface area contributed by atoms with Gasteiger partial charge in [-0.15, -0.1) is 0 Å². The van der Waals surface area contributed by atoms with E-state index in [-0.39, 0.29) is 163 Å². The summed E-state index contributed by atoms with van der Waals surface area (Å²) in [6, 6.07) is 0. The summed E-state index contributed by atoms with van der Waals surface area (Å²) >= 11 is 0. The molecule has 0 amide bonds. The van der Waals surface area contributed by atoms with E-state index in [1.54, 1.807) is 0 Å². The molecule has 17 nitrogen and oxygen atoms in total. The Morgan fingerprint density at radius 2 is 0.931 bits per heavy atom. The van der Waals surface area contributed by atoms with Crippen LogP contribution >= 0.6 is 0 Å². The molecule has 7 rings (SSSR count). The zero-order valence-electron chi connectivity index (χ0n) is 53.8. The molecule has 1 saturated heterocycles. The van der Waals surface area contributed by atoms with Crippen molar-refractivity contribution < 1.29 is 113 Å². The van der Waals surface area contributed by atoms with Gasteiger partial charge in [-0.3, -0.25) is 24.0 Å². The van der Waals surface area contributed by atoms with Crippen molar-refractivity contribution in [1.29, 1.82) is 0 Å². The van der Waals surface area contributed by atoms with Crippen LogP contribution in [0.15, 0.2) is 71.4 Å². The average Bonchev–Trinajstić information content (AvgIpc) is 2.17. The first-order valence-corrected chi connectivity index (χ1v) is 32.6. The molecular weight excluding hydrogens is 1120 g/mol. The van der Waals surface area contributed by atoms with Crippen molar-refractivity contribution in [2.75, 3.05) is 0 Å². The molecule has 0 bridgehead atoms. The number of carboxylic acid groups (broad SMARTS) is 2. The van der Waals surface area contributed by atoms with E-state index in [0.717, 1.165) is 77.0 Å². The fraction of sp³-hybridized carbons (Fsp3) is 0.739. The molecule has 6 unspecified atom stereocenters. The largest absolute Gasteiger partial charge is 1.00 e. The van der Waals surface area contributed by atoms with E-state index in [1.165, 1.54) is 16.7 Å². The Balaban J connectivity index is 0.000000278. The van der Waals surface area contributed by atoms with Crippen LogP contribution in [0.3, 0.4) is 0 Å². The molecule has 1 aliphatic heterocycles. The van der Waals surface area contributed by atoms with Gasteiger partial charge in [0, 0.05) is 36.6 Å². The number of carbonyl (C=O) groups is 6. The van der Waals surface area contributed by atoms with Gasteiger partial charge in [0.1, 0.15) is 24.4 Å². The Bertz CT molecular complexity index is 2300. The van der Waals surface area contributed by atoms with Crippen LogP contribution in [0.5, 0.6) is 0 Å². The van der Waals surface area contributed by atoms with Crippen LogP contribution in [0, 0.1) is 71.0 Å². The van der Waals surface area contributed by atoms with E-state index in [0.29, 0.717) is 37.5 Å². The Hall–Kier alpha value is -3.94. The summed E-state index contributed by atoms with van der Waals surface area (Å²) in [7, 11) is 0. The topological polar surface area (TPSA) is 284 Å². The summed E-state index contributed by atoms with van der Waals surface area (Å²) in [6.45, 7) is 18.1. The SMILES string of the molecule is CC[C@H](C)C(=O)O[C@H]1CCC=C2C=C[C@H](C)C(CC[C@@H](O)C[C@@H](O)CC(=O)O)C21.CC[C@H](C)C(=O)O[C@H]1CCC=C2C=C[C@H](C)C(CC[C@@H](O)C[C@@H](O)CC(=O)[O-])C21.CC[C@H](C)C(=O)O[C@H]1CCC=C2C=C[C@H](C)C(CC[C@@H]3C[C@@H](O)CC(=O)O3)C21.[Na+]. The van der Waals surface area contributed by atoms with Crippen molar-refractivity contribution in [3.05, 3.63) is 71.4 Å². The van der Waals surface area contributed by atoms with Gasteiger partial charge < -0.3 is 59.5 Å². The Morgan fingerprint density at radius 1 is 0.575 bits per heavy atom. The van der Waals surface area contributed by atoms with Crippen molar-refractivity contribution in [2.24, 2.45) is 71.0 Å². The van der Waals surface area contributed by atoms with Gasteiger partial charge in [-0.25, -0.2) is 0 Å². The molecule has 0 saturated carbocycles. The smallest absolute Gasteiger partial charge is 0.550 e.